The number of morpholine rings is 1. The molecular formula is C25H29N7O3. The summed E-state index contributed by atoms with van der Waals surface area (Å²) in [6.07, 6.45) is 2.97. The van der Waals surface area contributed by atoms with Gasteiger partial charge in [0.05, 0.1) is 24.6 Å². The van der Waals surface area contributed by atoms with E-state index in [0.29, 0.717) is 50.7 Å². The highest BCUT2D eigenvalue weighted by Crippen LogP contribution is 2.39. The van der Waals surface area contributed by atoms with Crippen molar-refractivity contribution < 1.29 is 9.53 Å². The molecule has 0 aliphatic carbocycles. The minimum absolute atomic E-state index is 0.127. The molecule has 2 aromatic heterocycles. The van der Waals surface area contributed by atoms with E-state index in [-0.39, 0.29) is 17.4 Å². The average molecular weight is 476 g/mol. The van der Waals surface area contributed by atoms with Crippen LogP contribution in [0.15, 0.2) is 47.9 Å². The van der Waals surface area contributed by atoms with Gasteiger partial charge in [-0.25, -0.2) is 4.98 Å². The molecule has 0 saturated carbocycles. The molecule has 1 saturated heterocycles. The number of para-hydroxylation sites is 1. The van der Waals surface area contributed by atoms with Crippen molar-refractivity contribution in [2.24, 2.45) is 0 Å². The number of nitrogens with zero attached hydrogens (tertiary/aromatic N) is 6. The van der Waals surface area contributed by atoms with Crippen molar-refractivity contribution in [2.75, 3.05) is 61.5 Å². The second-order valence-corrected chi connectivity index (χ2v) is 8.74. The number of ether oxygens (including phenoxy) is 1. The Morgan fingerprint density at radius 1 is 1.17 bits per heavy atom. The molecule has 0 bridgehead atoms. The highest BCUT2D eigenvalue weighted by Gasteiger charge is 2.30. The lowest BCUT2D eigenvalue weighted by Gasteiger charge is -2.38. The zero-order valence-corrected chi connectivity index (χ0v) is 19.8. The summed E-state index contributed by atoms with van der Waals surface area (Å²) in [6.45, 7) is 10.7. The topological polar surface area (TPSA) is 110 Å². The Morgan fingerprint density at radius 2 is 1.97 bits per heavy atom. The number of rotatable bonds is 5. The van der Waals surface area contributed by atoms with Gasteiger partial charge in [0.15, 0.2) is 0 Å². The first-order chi connectivity index (χ1) is 17.0. The number of anilines is 4. The summed E-state index contributed by atoms with van der Waals surface area (Å²) in [6, 6.07) is 7.65. The number of pyridine rings is 1. The lowest BCUT2D eigenvalue weighted by atomic mass is 10.1. The Balaban J connectivity index is 1.61. The number of hydrogen-bond donors (Lipinski definition) is 1. The van der Waals surface area contributed by atoms with Crippen LogP contribution in [0.1, 0.15) is 5.56 Å². The maximum absolute atomic E-state index is 13.9. The van der Waals surface area contributed by atoms with Gasteiger partial charge in [-0.1, -0.05) is 18.7 Å². The van der Waals surface area contributed by atoms with E-state index in [2.05, 4.69) is 21.4 Å². The SMILES string of the molecule is C=CC(=O)N1CCN(c2cc3cnc(N)nc3n(CCN3CCOCC3)c2=O)c2cccc(C)c21. The monoisotopic (exact) mass is 475 g/mol. The molecule has 2 aliphatic rings. The van der Waals surface area contributed by atoms with Gasteiger partial charge in [0, 0.05) is 50.9 Å². The third-order valence-corrected chi connectivity index (χ3v) is 6.63. The van der Waals surface area contributed by atoms with Gasteiger partial charge in [0.1, 0.15) is 11.3 Å². The summed E-state index contributed by atoms with van der Waals surface area (Å²) in [7, 11) is 0. The molecule has 182 valence electrons. The number of amides is 1. The predicted octanol–water partition coefficient (Wildman–Crippen LogP) is 1.69. The molecule has 35 heavy (non-hydrogen) atoms. The number of carbonyl (C=O) groups excluding carboxylic acids is 1. The van der Waals surface area contributed by atoms with Gasteiger partial charge in [0.2, 0.25) is 5.95 Å². The minimum atomic E-state index is -0.162. The van der Waals surface area contributed by atoms with Crippen LogP contribution < -0.4 is 21.1 Å². The Morgan fingerprint density at radius 3 is 2.74 bits per heavy atom. The van der Waals surface area contributed by atoms with Crippen molar-refractivity contribution in [3.8, 4) is 0 Å². The molecule has 1 amide bonds. The van der Waals surface area contributed by atoms with Gasteiger partial charge in [-0.3, -0.25) is 19.1 Å². The zero-order valence-electron chi connectivity index (χ0n) is 19.8. The second kappa shape index (κ2) is 9.47. The molecule has 5 rings (SSSR count). The molecule has 0 unspecified atom stereocenters. The molecule has 1 aromatic carbocycles. The number of benzene rings is 1. The van der Waals surface area contributed by atoms with Gasteiger partial charge in [-0.05, 0) is 30.7 Å². The van der Waals surface area contributed by atoms with Gasteiger partial charge in [-0.2, -0.15) is 4.98 Å². The van der Waals surface area contributed by atoms with Crippen molar-refractivity contribution in [1.82, 2.24) is 19.4 Å². The normalized spacial score (nSPS) is 16.4. The van der Waals surface area contributed by atoms with E-state index in [9.17, 15) is 9.59 Å². The predicted molar refractivity (Wildman–Crippen MR) is 136 cm³/mol. The van der Waals surface area contributed by atoms with Crippen molar-refractivity contribution in [3.05, 3.63) is 59.0 Å². The Kier molecular flexibility index (Phi) is 6.23. The van der Waals surface area contributed by atoms with Crippen molar-refractivity contribution >= 4 is 40.0 Å². The molecule has 1 fully saturated rings. The molecule has 2 aliphatic heterocycles. The summed E-state index contributed by atoms with van der Waals surface area (Å²) in [5, 5.41) is 0.731. The van der Waals surface area contributed by atoms with Gasteiger partial charge in [0.25, 0.3) is 11.5 Å². The number of fused-ring (bicyclic) bond motifs is 2. The van der Waals surface area contributed by atoms with Crippen LogP contribution in [0.2, 0.25) is 0 Å². The van der Waals surface area contributed by atoms with Crippen LogP contribution in [-0.4, -0.2) is 71.3 Å². The minimum Gasteiger partial charge on any atom is -0.379 e. The molecule has 0 radical (unpaired) electrons. The molecule has 0 spiro atoms. The highest BCUT2D eigenvalue weighted by atomic mass is 16.5. The number of hydrogen-bond acceptors (Lipinski definition) is 8. The second-order valence-electron chi connectivity index (χ2n) is 8.74. The van der Waals surface area contributed by atoms with E-state index in [1.165, 1.54) is 6.08 Å². The largest absolute Gasteiger partial charge is 0.379 e. The van der Waals surface area contributed by atoms with E-state index in [1.807, 2.05) is 36.1 Å². The number of nitrogen functional groups attached to an aromatic ring is 1. The van der Waals surface area contributed by atoms with Crippen LogP contribution in [0.5, 0.6) is 0 Å². The van der Waals surface area contributed by atoms with E-state index in [0.717, 1.165) is 35.4 Å². The third-order valence-electron chi connectivity index (χ3n) is 6.63. The first kappa shape index (κ1) is 23.0. The molecule has 2 N–H and O–H groups in total. The molecule has 0 atom stereocenters. The third kappa shape index (κ3) is 4.26. The number of carbonyl (C=O) groups is 1. The molecule has 3 aromatic rings. The zero-order chi connectivity index (χ0) is 24.5. The summed E-state index contributed by atoms with van der Waals surface area (Å²) in [4.78, 5) is 41.0. The van der Waals surface area contributed by atoms with Gasteiger partial charge in [-0.15, -0.1) is 0 Å². The molecule has 10 heteroatoms. The summed E-state index contributed by atoms with van der Waals surface area (Å²) >= 11 is 0. The lowest BCUT2D eigenvalue weighted by Crippen LogP contribution is -2.44. The fourth-order valence-electron chi connectivity index (χ4n) is 4.85. The van der Waals surface area contributed by atoms with E-state index in [1.54, 1.807) is 15.7 Å². The summed E-state index contributed by atoms with van der Waals surface area (Å²) in [5.74, 6) is -0.0344. The van der Waals surface area contributed by atoms with Crippen LogP contribution in [0.25, 0.3) is 11.0 Å². The highest BCUT2D eigenvalue weighted by molar-refractivity contribution is 6.05. The molecule has 4 heterocycles. The van der Waals surface area contributed by atoms with Gasteiger partial charge < -0.3 is 20.3 Å². The maximum atomic E-state index is 13.9. The van der Waals surface area contributed by atoms with Crippen LogP contribution in [0.3, 0.4) is 0 Å². The van der Waals surface area contributed by atoms with Crippen LogP contribution >= 0.6 is 0 Å². The van der Waals surface area contributed by atoms with E-state index in [4.69, 9.17) is 10.5 Å². The van der Waals surface area contributed by atoms with Gasteiger partial charge >= 0.3 is 0 Å². The Labute approximate surface area is 203 Å². The molecule has 10 nitrogen and oxygen atoms in total. The average Bonchev–Trinajstić information content (AvgIpc) is 2.88. The van der Waals surface area contributed by atoms with Crippen LogP contribution in [-0.2, 0) is 16.1 Å². The van der Waals surface area contributed by atoms with E-state index < -0.39 is 0 Å². The van der Waals surface area contributed by atoms with Crippen molar-refractivity contribution in [1.29, 1.82) is 0 Å². The number of aromatic nitrogens is 3. The van der Waals surface area contributed by atoms with Crippen molar-refractivity contribution in [2.45, 2.75) is 13.5 Å². The Bertz CT molecular complexity index is 1350. The lowest BCUT2D eigenvalue weighted by molar-refractivity contribution is -0.114. The Hall–Kier alpha value is -3.76. The quantitative estimate of drug-likeness (QED) is 0.555. The summed E-state index contributed by atoms with van der Waals surface area (Å²) < 4.78 is 7.14. The smallest absolute Gasteiger partial charge is 0.276 e. The summed E-state index contributed by atoms with van der Waals surface area (Å²) in [5.41, 5.74) is 9.31. The maximum Gasteiger partial charge on any atom is 0.276 e. The van der Waals surface area contributed by atoms with Crippen LogP contribution in [0.4, 0.5) is 23.0 Å². The molecular weight excluding hydrogens is 446 g/mol. The standard InChI is InChI=1S/C25H29N7O3/c1-3-21(33)31-10-9-30(19-6-4-5-17(2)22(19)31)20-15-18-16-27-25(26)28-23(18)32(24(20)34)8-7-29-11-13-35-14-12-29/h3-6,15-16H,1,7-14H2,2H3,(H2,26,27,28). The fraction of sp³-hybridized carbons (Fsp3) is 0.360. The first-order valence-corrected chi connectivity index (χ1v) is 11.7. The van der Waals surface area contributed by atoms with Crippen LogP contribution in [0, 0.1) is 6.92 Å². The first-order valence-electron chi connectivity index (χ1n) is 11.7. The number of nitrogens with two attached hydrogens (primary N) is 1. The fourth-order valence-corrected chi connectivity index (χ4v) is 4.85. The van der Waals surface area contributed by atoms with E-state index >= 15 is 0 Å². The van der Waals surface area contributed by atoms with Crippen molar-refractivity contribution in [3.63, 3.8) is 0 Å². The number of aryl methyl sites for hydroxylation is 1.